The molecule has 0 spiro atoms. The summed E-state index contributed by atoms with van der Waals surface area (Å²) in [5.74, 6) is 0. The minimum Gasteiger partial charge on any atom is -0.241 e. The molecule has 0 aromatic carbocycles. The van der Waals surface area contributed by atoms with Gasteiger partial charge in [0.05, 0.1) is 5.69 Å². The van der Waals surface area contributed by atoms with E-state index in [4.69, 9.17) is 5.26 Å². The van der Waals surface area contributed by atoms with Crippen molar-refractivity contribution in [3.8, 4) is 6.07 Å². The van der Waals surface area contributed by atoms with E-state index in [1.54, 1.807) is 6.07 Å². The first-order valence-electron chi connectivity index (χ1n) is 3.19. The minimum absolute atomic E-state index is 0.475. The average Bonchev–Trinajstić information content (AvgIpc) is 1.99. The van der Waals surface area contributed by atoms with Gasteiger partial charge < -0.3 is 0 Å². The van der Waals surface area contributed by atoms with Crippen molar-refractivity contribution in [2.75, 3.05) is 0 Å². The Morgan fingerprint density at radius 3 is 2.64 bits per heavy atom. The van der Waals surface area contributed by atoms with Crippen LogP contribution >= 0.6 is 15.9 Å². The standard InChI is InChI=1S/C8H7BrN2/c1-5-3-7(4-10)11-6(2)8(5)9/h3H,1-2H3. The quantitative estimate of drug-likeness (QED) is 0.660. The maximum Gasteiger partial charge on any atom is 0.141 e. The fourth-order valence-corrected chi connectivity index (χ4v) is 1.08. The van der Waals surface area contributed by atoms with E-state index in [1.807, 2.05) is 19.9 Å². The zero-order chi connectivity index (χ0) is 8.43. The molecule has 0 N–H and O–H groups in total. The van der Waals surface area contributed by atoms with Crippen LogP contribution in [0.1, 0.15) is 17.0 Å². The van der Waals surface area contributed by atoms with Gasteiger partial charge in [0.2, 0.25) is 0 Å². The van der Waals surface area contributed by atoms with E-state index in [0.717, 1.165) is 15.7 Å². The number of pyridine rings is 1. The molecule has 11 heavy (non-hydrogen) atoms. The highest BCUT2D eigenvalue weighted by molar-refractivity contribution is 9.10. The van der Waals surface area contributed by atoms with Crippen molar-refractivity contribution in [2.45, 2.75) is 13.8 Å². The second-order valence-electron chi connectivity index (χ2n) is 2.34. The van der Waals surface area contributed by atoms with Crippen molar-refractivity contribution in [2.24, 2.45) is 0 Å². The van der Waals surface area contributed by atoms with Gasteiger partial charge in [-0.15, -0.1) is 0 Å². The van der Waals surface area contributed by atoms with Gasteiger partial charge in [0, 0.05) is 4.47 Å². The Balaban J connectivity index is 3.35. The van der Waals surface area contributed by atoms with Crippen LogP contribution in [0, 0.1) is 25.2 Å². The molecule has 0 amide bonds. The number of hydrogen-bond acceptors (Lipinski definition) is 2. The number of halogens is 1. The molecule has 0 aliphatic rings. The SMILES string of the molecule is Cc1cc(C#N)nc(C)c1Br. The third kappa shape index (κ3) is 1.58. The van der Waals surface area contributed by atoms with E-state index < -0.39 is 0 Å². The van der Waals surface area contributed by atoms with E-state index in [9.17, 15) is 0 Å². The van der Waals surface area contributed by atoms with Crippen LogP contribution < -0.4 is 0 Å². The first kappa shape index (κ1) is 8.22. The van der Waals surface area contributed by atoms with Gasteiger partial charge in [0.1, 0.15) is 11.8 Å². The maximum absolute atomic E-state index is 8.55. The zero-order valence-electron chi connectivity index (χ0n) is 6.35. The monoisotopic (exact) mass is 210 g/mol. The number of nitrogens with zero attached hydrogens (tertiary/aromatic N) is 2. The highest BCUT2D eigenvalue weighted by atomic mass is 79.9. The minimum atomic E-state index is 0.475. The largest absolute Gasteiger partial charge is 0.241 e. The molecule has 0 saturated heterocycles. The fourth-order valence-electron chi connectivity index (χ4n) is 0.873. The third-order valence-electron chi connectivity index (χ3n) is 1.42. The van der Waals surface area contributed by atoms with Crippen LogP contribution in [-0.2, 0) is 0 Å². The van der Waals surface area contributed by atoms with E-state index >= 15 is 0 Å². The molecular formula is C8H7BrN2. The highest BCUT2D eigenvalue weighted by Crippen LogP contribution is 2.19. The average molecular weight is 211 g/mol. The summed E-state index contributed by atoms with van der Waals surface area (Å²) in [5.41, 5.74) is 2.39. The Morgan fingerprint density at radius 2 is 2.18 bits per heavy atom. The van der Waals surface area contributed by atoms with Crippen LogP contribution in [-0.4, -0.2) is 4.98 Å². The molecule has 56 valence electrons. The molecule has 0 aliphatic carbocycles. The summed E-state index contributed by atoms with van der Waals surface area (Å²) in [7, 11) is 0. The summed E-state index contributed by atoms with van der Waals surface area (Å²) in [6.07, 6.45) is 0. The maximum atomic E-state index is 8.55. The number of rotatable bonds is 0. The van der Waals surface area contributed by atoms with Crippen LogP contribution in [0.5, 0.6) is 0 Å². The molecular weight excluding hydrogens is 204 g/mol. The predicted octanol–water partition coefficient (Wildman–Crippen LogP) is 2.33. The number of nitriles is 1. The molecule has 0 radical (unpaired) electrons. The van der Waals surface area contributed by atoms with Gasteiger partial charge in [-0.25, -0.2) is 4.98 Å². The Hall–Kier alpha value is -0.880. The summed E-state index contributed by atoms with van der Waals surface area (Å²) in [4.78, 5) is 4.04. The van der Waals surface area contributed by atoms with Crippen molar-refractivity contribution in [1.82, 2.24) is 4.98 Å². The second kappa shape index (κ2) is 3.02. The first-order valence-corrected chi connectivity index (χ1v) is 3.98. The summed E-state index contributed by atoms with van der Waals surface area (Å²) in [6, 6.07) is 3.76. The van der Waals surface area contributed by atoms with Crippen molar-refractivity contribution < 1.29 is 0 Å². The molecule has 0 unspecified atom stereocenters. The van der Waals surface area contributed by atoms with Crippen LogP contribution in [0.3, 0.4) is 0 Å². The first-order chi connectivity index (χ1) is 5.15. The lowest BCUT2D eigenvalue weighted by Crippen LogP contribution is -1.90. The van der Waals surface area contributed by atoms with Gasteiger partial charge >= 0.3 is 0 Å². The van der Waals surface area contributed by atoms with Crippen LogP contribution in [0.4, 0.5) is 0 Å². The predicted molar refractivity (Wildman–Crippen MR) is 46.1 cm³/mol. The van der Waals surface area contributed by atoms with Gasteiger partial charge in [0.25, 0.3) is 0 Å². The number of aromatic nitrogens is 1. The van der Waals surface area contributed by atoms with E-state index in [0.29, 0.717) is 5.69 Å². The molecule has 0 aliphatic heterocycles. The van der Waals surface area contributed by atoms with Gasteiger partial charge in [-0.2, -0.15) is 5.26 Å². The van der Waals surface area contributed by atoms with Gasteiger partial charge in [-0.05, 0) is 41.4 Å². The van der Waals surface area contributed by atoms with Crippen molar-refractivity contribution in [1.29, 1.82) is 5.26 Å². The van der Waals surface area contributed by atoms with E-state index in [-0.39, 0.29) is 0 Å². The molecule has 0 atom stereocenters. The van der Waals surface area contributed by atoms with Crippen molar-refractivity contribution >= 4 is 15.9 Å². The summed E-state index contributed by atoms with van der Waals surface area (Å²) >= 11 is 3.37. The normalized spacial score (nSPS) is 9.27. The molecule has 1 heterocycles. The van der Waals surface area contributed by atoms with Crippen LogP contribution in [0.15, 0.2) is 10.5 Å². The van der Waals surface area contributed by atoms with E-state index in [2.05, 4.69) is 20.9 Å². The van der Waals surface area contributed by atoms with Crippen molar-refractivity contribution in [3.63, 3.8) is 0 Å². The molecule has 1 rings (SSSR count). The molecule has 1 aromatic heterocycles. The summed E-state index contributed by atoms with van der Waals surface area (Å²) in [5, 5.41) is 8.55. The zero-order valence-corrected chi connectivity index (χ0v) is 7.94. The Morgan fingerprint density at radius 1 is 1.55 bits per heavy atom. The molecule has 1 aromatic rings. The fraction of sp³-hybridized carbons (Fsp3) is 0.250. The third-order valence-corrected chi connectivity index (χ3v) is 2.62. The lowest BCUT2D eigenvalue weighted by atomic mass is 10.2. The summed E-state index contributed by atoms with van der Waals surface area (Å²) < 4.78 is 0.983. The van der Waals surface area contributed by atoms with E-state index in [1.165, 1.54) is 0 Å². The van der Waals surface area contributed by atoms with Crippen LogP contribution in [0.25, 0.3) is 0 Å². The number of aryl methyl sites for hydroxylation is 2. The highest BCUT2D eigenvalue weighted by Gasteiger charge is 2.01. The molecule has 2 nitrogen and oxygen atoms in total. The molecule has 0 fully saturated rings. The Kier molecular flexibility index (Phi) is 2.25. The number of hydrogen-bond donors (Lipinski definition) is 0. The smallest absolute Gasteiger partial charge is 0.141 e. The molecule has 0 bridgehead atoms. The lowest BCUT2D eigenvalue weighted by Gasteiger charge is -2.00. The van der Waals surface area contributed by atoms with Crippen LogP contribution in [0.2, 0.25) is 0 Å². The van der Waals surface area contributed by atoms with Crippen molar-refractivity contribution in [3.05, 3.63) is 27.5 Å². The van der Waals surface area contributed by atoms with Gasteiger partial charge in [-0.3, -0.25) is 0 Å². The Bertz CT molecular complexity index is 302. The lowest BCUT2D eigenvalue weighted by molar-refractivity contribution is 1.12. The second-order valence-corrected chi connectivity index (χ2v) is 3.13. The molecule has 3 heteroatoms. The topological polar surface area (TPSA) is 36.7 Å². The van der Waals surface area contributed by atoms with Gasteiger partial charge in [0.15, 0.2) is 0 Å². The van der Waals surface area contributed by atoms with Gasteiger partial charge in [-0.1, -0.05) is 0 Å². The Labute approximate surface area is 74.0 Å². The summed E-state index contributed by atoms with van der Waals surface area (Å²) in [6.45, 7) is 3.82. The molecule has 0 saturated carbocycles.